The van der Waals surface area contributed by atoms with Crippen molar-refractivity contribution in [1.29, 1.82) is 0 Å². The van der Waals surface area contributed by atoms with Crippen LogP contribution in [0.25, 0.3) is 11.0 Å². The quantitative estimate of drug-likeness (QED) is 0.742. The zero-order chi connectivity index (χ0) is 12.5. The van der Waals surface area contributed by atoms with Crippen LogP contribution in [0.4, 0.5) is 11.5 Å². The van der Waals surface area contributed by atoms with Crippen LogP contribution in [0, 0.1) is 6.92 Å². The lowest BCUT2D eigenvalue weighted by molar-refractivity contribution is 1.09. The Kier molecular flexibility index (Phi) is 2.60. The summed E-state index contributed by atoms with van der Waals surface area (Å²) in [5, 5.41) is 11.6. The summed E-state index contributed by atoms with van der Waals surface area (Å²) in [6.07, 6.45) is 3.19. The van der Waals surface area contributed by atoms with Crippen LogP contribution in [0.3, 0.4) is 0 Å². The summed E-state index contributed by atoms with van der Waals surface area (Å²) < 4.78 is 0. The molecule has 0 aliphatic heterocycles. The van der Waals surface area contributed by atoms with Crippen molar-refractivity contribution in [1.82, 2.24) is 20.2 Å². The van der Waals surface area contributed by atoms with Gasteiger partial charge in [-0.15, -0.1) is 0 Å². The topological polar surface area (TPSA) is 66.5 Å². The highest BCUT2D eigenvalue weighted by Gasteiger charge is 2.06. The summed E-state index contributed by atoms with van der Waals surface area (Å²) >= 11 is 5.93. The second kappa shape index (κ2) is 4.27. The number of hydrogen-bond acceptors (Lipinski definition) is 4. The fourth-order valence-electron chi connectivity index (χ4n) is 1.76. The van der Waals surface area contributed by atoms with Crippen LogP contribution < -0.4 is 5.32 Å². The summed E-state index contributed by atoms with van der Waals surface area (Å²) in [5.74, 6) is 0.721. The zero-order valence-electron chi connectivity index (χ0n) is 9.61. The SMILES string of the molecule is Cc1cc(Cl)ccc1Nc1ncnc2[nH]ncc12. The molecular formula is C12H10ClN5. The van der Waals surface area contributed by atoms with E-state index in [-0.39, 0.29) is 0 Å². The Balaban J connectivity index is 2.03. The molecule has 0 saturated carbocycles. The third-order valence-corrected chi connectivity index (χ3v) is 2.92. The summed E-state index contributed by atoms with van der Waals surface area (Å²) in [6.45, 7) is 1.99. The van der Waals surface area contributed by atoms with Crippen LogP contribution in [-0.4, -0.2) is 20.2 Å². The second-order valence-corrected chi connectivity index (χ2v) is 4.38. The average Bonchev–Trinajstić information content (AvgIpc) is 2.82. The fourth-order valence-corrected chi connectivity index (χ4v) is 1.99. The van der Waals surface area contributed by atoms with Crippen molar-refractivity contribution in [3.63, 3.8) is 0 Å². The molecular weight excluding hydrogens is 250 g/mol. The van der Waals surface area contributed by atoms with E-state index in [1.54, 1.807) is 6.20 Å². The number of aromatic nitrogens is 4. The first-order valence-electron chi connectivity index (χ1n) is 5.41. The number of nitrogens with one attached hydrogen (secondary N) is 2. The molecule has 2 heterocycles. The molecule has 0 aliphatic rings. The van der Waals surface area contributed by atoms with Gasteiger partial charge in [-0.05, 0) is 30.7 Å². The van der Waals surface area contributed by atoms with E-state index in [2.05, 4.69) is 25.5 Å². The number of hydrogen-bond donors (Lipinski definition) is 2. The molecule has 0 fully saturated rings. The molecule has 6 heteroatoms. The van der Waals surface area contributed by atoms with Crippen molar-refractivity contribution in [3.05, 3.63) is 41.3 Å². The van der Waals surface area contributed by atoms with Crippen molar-refractivity contribution in [2.45, 2.75) is 6.92 Å². The van der Waals surface area contributed by atoms with Gasteiger partial charge in [0.2, 0.25) is 0 Å². The van der Waals surface area contributed by atoms with E-state index in [4.69, 9.17) is 11.6 Å². The molecule has 3 rings (SSSR count). The Morgan fingerprint density at radius 1 is 1.28 bits per heavy atom. The van der Waals surface area contributed by atoms with Gasteiger partial charge in [0.1, 0.15) is 12.1 Å². The van der Waals surface area contributed by atoms with Crippen LogP contribution in [0.1, 0.15) is 5.56 Å². The number of anilines is 2. The number of aromatic amines is 1. The molecule has 0 amide bonds. The third-order valence-electron chi connectivity index (χ3n) is 2.69. The summed E-state index contributed by atoms with van der Waals surface area (Å²) in [6, 6.07) is 5.66. The molecule has 18 heavy (non-hydrogen) atoms. The first kappa shape index (κ1) is 11.0. The van der Waals surface area contributed by atoms with Gasteiger partial charge < -0.3 is 5.32 Å². The van der Waals surface area contributed by atoms with Crippen molar-refractivity contribution in [2.24, 2.45) is 0 Å². The van der Waals surface area contributed by atoms with Gasteiger partial charge in [-0.3, -0.25) is 5.10 Å². The fraction of sp³-hybridized carbons (Fsp3) is 0.0833. The summed E-state index contributed by atoms with van der Waals surface area (Å²) in [4.78, 5) is 8.31. The Labute approximate surface area is 108 Å². The van der Waals surface area contributed by atoms with Gasteiger partial charge in [0.25, 0.3) is 0 Å². The van der Waals surface area contributed by atoms with Crippen molar-refractivity contribution in [2.75, 3.05) is 5.32 Å². The van der Waals surface area contributed by atoms with Gasteiger partial charge in [-0.1, -0.05) is 11.6 Å². The summed E-state index contributed by atoms with van der Waals surface area (Å²) in [5.41, 5.74) is 2.72. The predicted molar refractivity (Wildman–Crippen MR) is 71.2 cm³/mol. The molecule has 0 bridgehead atoms. The van der Waals surface area contributed by atoms with E-state index in [1.165, 1.54) is 6.33 Å². The number of benzene rings is 1. The van der Waals surface area contributed by atoms with E-state index in [1.807, 2.05) is 25.1 Å². The van der Waals surface area contributed by atoms with Crippen molar-refractivity contribution < 1.29 is 0 Å². The minimum atomic E-state index is 0.708. The molecule has 0 atom stereocenters. The summed E-state index contributed by atoms with van der Waals surface area (Å²) in [7, 11) is 0. The van der Waals surface area contributed by atoms with Crippen LogP contribution >= 0.6 is 11.6 Å². The number of rotatable bonds is 2. The Bertz CT molecular complexity index is 707. The van der Waals surface area contributed by atoms with Crippen LogP contribution in [0.2, 0.25) is 5.02 Å². The Morgan fingerprint density at radius 3 is 3.00 bits per heavy atom. The van der Waals surface area contributed by atoms with Crippen molar-refractivity contribution >= 4 is 34.1 Å². The van der Waals surface area contributed by atoms with Crippen LogP contribution in [0.15, 0.2) is 30.7 Å². The Hall–Kier alpha value is -2.14. The van der Waals surface area contributed by atoms with Crippen LogP contribution in [-0.2, 0) is 0 Å². The normalized spacial score (nSPS) is 10.8. The molecule has 0 spiro atoms. The minimum absolute atomic E-state index is 0.708. The molecule has 0 aliphatic carbocycles. The number of nitrogens with zero attached hydrogens (tertiary/aromatic N) is 3. The van der Waals surface area contributed by atoms with E-state index >= 15 is 0 Å². The first-order valence-corrected chi connectivity index (χ1v) is 5.79. The molecule has 5 nitrogen and oxygen atoms in total. The molecule has 90 valence electrons. The highest BCUT2D eigenvalue weighted by Crippen LogP contribution is 2.25. The highest BCUT2D eigenvalue weighted by atomic mass is 35.5. The monoisotopic (exact) mass is 259 g/mol. The molecule has 2 N–H and O–H groups in total. The van der Waals surface area contributed by atoms with E-state index in [0.717, 1.165) is 22.5 Å². The third kappa shape index (κ3) is 1.89. The number of halogens is 1. The van der Waals surface area contributed by atoms with Gasteiger partial charge in [0.15, 0.2) is 5.65 Å². The lowest BCUT2D eigenvalue weighted by Crippen LogP contribution is -1.96. The van der Waals surface area contributed by atoms with Crippen molar-refractivity contribution in [3.8, 4) is 0 Å². The maximum atomic E-state index is 5.93. The molecule has 3 aromatic rings. The van der Waals surface area contributed by atoms with E-state index in [9.17, 15) is 0 Å². The number of fused-ring (bicyclic) bond motifs is 1. The highest BCUT2D eigenvalue weighted by molar-refractivity contribution is 6.30. The Morgan fingerprint density at radius 2 is 2.17 bits per heavy atom. The first-order chi connectivity index (χ1) is 8.74. The van der Waals surface area contributed by atoms with Gasteiger partial charge >= 0.3 is 0 Å². The molecule has 0 radical (unpaired) electrons. The number of aryl methyl sites for hydroxylation is 1. The smallest absolute Gasteiger partial charge is 0.160 e. The lowest BCUT2D eigenvalue weighted by atomic mass is 10.2. The van der Waals surface area contributed by atoms with Gasteiger partial charge in [-0.25, -0.2) is 9.97 Å². The minimum Gasteiger partial charge on any atom is -0.339 e. The molecule has 2 aromatic heterocycles. The standard InChI is InChI=1S/C12H10ClN5/c1-7-4-8(13)2-3-10(7)17-11-9-5-16-18-12(9)15-6-14-11/h2-6H,1H3,(H2,14,15,16,17,18). The zero-order valence-corrected chi connectivity index (χ0v) is 10.4. The van der Waals surface area contributed by atoms with Crippen LogP contribution in [0.5, 0.6) is 0 Å². The maximum absolute atomic E-state index is 5.93. The van der Waals surface area contributed by atoms with Gasteiger partial charge in [0, 0.05) is 10.7 Å². The lowest BCUT2D eigenvalue weighted by Gasteiger charge is -2.09. The second-order valence-electron chi connectivity index (χ2n) is 3.94. The molecule has 1 aromatic carbocycles. The van der Waals surface area contributed by atoms with E-state index < -0.39 is 0 Å². The molecule has 0 unspecified atom stereocenters. The maximum Gasteiger partial charge on any atom is 0.160 e. The van der Waals surface area contributed by atoms with Gasteiger partial charge in [0.05, 0.1) is 11.6 Å². The van der Waals surface area contributed by atoms with Gasteiger partial charge in [-0.2, -0.15) is 5.10 Å². The molecule has 0 saturated heterocycles. The van der Waals surface area contributed by atoms with E-state index in [0.29, 0.717) is 10.7 Å². The predicted octanol–water partition coefficient (Wildman–Crippen LogP) is 3.06. The average molecular weight is 260 g/mol. The number of H-pyrrole nitrogens is 1. The largest absolute Gasteiger partial charge is 0.339 e.